The molecule has 118 valence electrons. The molecule has 0 aliphatic carbocycles. The Morgan fingerprint density at radius 3 is 2.71 bits per heavy atom. The molecule has 0 spiro atoms. The molecule has 0 amide bonds. The monoisotopic (exact) mass is 291 g/mol. The second-order valence-electron chi connectivity index (χ2n) is 6.28. The highest BCUT2D eigenvalue weighted by Crippen LogP contribution is 2.36. The Balaban J connectivity index is 2.23. The molecular weight excluding hydrogens is 262 g/mol. The number of benzene rings is 1. The van der Waals surface area contributed by atoms with Crippen LogP contribution in [0.15, 0.2) is 24.3 Å². The van der Waals surface area contributed by atoms with Gasteiger partial charge in [-0.25, -0.2) is 0 Å². The molecule has 3 unspecified atom stereocenters. The minimum atomic E-state index is 0.191. The molecule has 1 aromatic rings. The van der Waals surface area contributed by atoms with Gasteiger partial charge in [0.1, 0.15) is 5.75 Å². The van der Waals surface area contributed by atoms with Gasteiger partial charge in [0.25, 0.3) is 0 Å². The van der Waals surface area contributed by atoms with E-state index in [2.05, 4.69) is 51.2 Å². The summed E-state index contributed by atoms with van der Waals surface area (Å²) in [5.74, 6) is 1.52. The van der Waals surface area contributed by atoms with E-state index in [0.29, 0.717) is 18.1 Å². The fourth-order valence-corrected chi connectivity index (χ4v) is 3.01. The van der Waals surface area contributed by atoms with Gasteiger partial charge in [-0.2, -0.15) is 0 Å². The van der Waals surface area contributed by atoms with Crippen LogP contribution in [0.4, 0.5) is 0 Å². The van der Waals surface area contributed by atoms with Gasteiger partial charge in [0, 0.05) is 17.5 Å². The van der Waals surface area contributed by atoms with E-state index >= 15 is 0 Å². The summed E-state index contributed by atoms with van der Waals surface area (Å²) in [5, 5.41) is 3.70. The van der Waals surface area contributed by atoms with Crippen LogP contribution in [-0.2, 0) is 4.74 Å². The molecule has 0 bridgehead atoms. The average Bonchev–Trinajstić information content (AvgIpc) is 2.87. The van der Waals surface area contributed by atoms with Gasteiger partial charge in [-0.1, -0.05) is 25.1 Å². The third kappa shape index (κ3) is 4.45. The van der Waals surface area contributed by atoms with Crippen molar-refractivity contribution in [3.05, 3.63) is 29.8 Å². The van der Waals surface area contributed by atoms with Crippen molar-refractivity contribution in [3.63, 3.8) is 0 Å². The number of ether oxygens (including phenoxy) is 2. The van der Waals surface area contributed by atoms with Gasteiger partial charge in [0.2, 0.25) is 0 Å². The maximum atomic E-state index is 6.01. The van der Waals surface area contributed by atoms with Crippen LogP contribution in [0.2, 0.25) is 0 Å². The first-order valence-electron chi connectivity index (χ1n) is 8.22. The Morgan fingerprint density at radius 1 is 1.33 bits per heavy atom. The first-order valence-corrected chi connectivity index (χ1v) is 8.22. The fourth-order valence-electron chi connectivity index (χ4n) is 3.01. The molecule has 3 heteroatoms. The van der Waals surface area contributed by atoms with Crippen LogP contribution in [0, 0.1) is 5.92 Å². The predicted molar refractivity (Wildman–Crippen MR) is 86.8 cm³/mol. The Labute approximate surface area is 129 Å². The summed E-state index contributed by atoms with van der Waals surface area (Å²) in [7, 11) is 0. The molecule has 1 aliphatic rings. The molecule has 1 saturated heterocycles. The SMILES string of the molecule is CCCNC(c1ccccc1OC(C)C)C1COC(C)C1. The number of hydrogen-bond acceptors (Lipinski definition) is 3. The average molecular weight is 291 g/mol. The van der Waals surface area contributed by atoms with Gasteiger partial charge in [-0.05, 0) is 46.2 Å². The Kier molecular flexibility index (Phi) is 6.07. The zero-order valence-electron chi connectivity index (χ0n) is 13.8. The van der Waals surface area contributed by atoms with Crippen LogP contribution in [0.3, 0.4) is 0 Å². The van der Waals surface area contributed by atoms with E-state index in [1.54, 1.807) is 0 Å². The van der Waals surface area contributed by atoms with Crippen molar-refractivity contribution < 1.29 is 9.47 Å². The molecule has 1 heterocycles. The summed E-state index contributed by atoms with van der Waals surface area (Å²) in [6.07, 6.45) is 2.79. The lowest BCUT2D eigenvalue weighted by Crippen LogP contribution is -2.30. The Morgan fingerprint density at radius 2 is 2.10 bits per heavy atom. The molecule has 1 N–H and O–H groups in total. The van der Waals surface area contributed by atoms with Crippen LogP contribution in [0.25, 0.3) is 0 Å². The molecule has 1 fully saturated rings. The normalized spacial score (nSPS) is 23.5. The number of nitrogens with one attached hydrogen (secondary N) is 1. The topological polar surface area (TPSA) is 30.5 Å². The molecule has 0 aromatic heterocycles. The first kappa shape index (κ1) is 16.3. The van der Waals surface area contributed by atoms with Gasteiger partial charge >= 0.3 is 0 Å². The number of rotatable bonds is 7. The van der Waals surface area contributed by atoms with E-state index < -0.39 is 0 Å². The van der Waals surface area contributed by atoms with Crippen molar-refractivity contribution >= 4 is 0 Å². The van der Waals surface area contributed by atoms with Crippen molar-refractivity contribution in [3.8, 4) is 5.75 Å². The van der Waals surface area contributed by atoms with Crippen molar-refractivity contribution in [2.75, 3.05) is 13.2 Å². The summed E-state index contributed by atoms with van der Waals surface area (Å²) >= 11 is 0. The fraction of sp³-hybridized carbons (Fsp3) is 0.667. The van der Waals surface area contributed by atoms with E-state index in [9.17, 15) is 0 Å². The quantitative estimate of drug-likeness (QED) is 0.825. The highest BCUT2D eigenvalue weighted by molar-refractivity contribution is 5.36. The molecule has 0 saturated carbocycles. The maximum Gasteiger partial charge on any atom is 0.124 e. The van der Waals surface area contributed by atoms with E-state index in [1.165, 1.54) is 5.56 Å². The molecular formula is C18H29NO2. The van der Waals surface area contributed by atoms with Gasteiger partial charge in [0.05, 0.1) is 18.8 Å². The summed E-state index contributed by atoms with van der Waals surface area (Å²) < 4.78 is 11.8. The summed E-state index contributed by atoms with van der Waals surface area (Å²) in [5.41, 5.74) is 1.27. The van der Waals surface area contributed by atoms with E-state index in [-0.39, 0.29) is 6.10 Å². The highest BCUT2D eigenvalue weighted by atomic mass is 16.5. The summed E-state index contributed by atoms with van der Waals surface area (Å²) in [6.45, 7) is 10.4. The Bertz CT molecular complexity index is 433. The summed E-state index contributed by atoms with van der Waals surface area (Å²) in [6, 6.07) is 8.72. The zero-order chi connectivity index (χ0) is 15.2. The second kappa shape index (κ2) is 7.81. The second-order valence-corrected chi connectivity index (χ2v) is 6.28. The lowest BCUT2D eigenvalue weighted by Gasteiger charge is -2.27. The number of hydrogen-bond donors (Lipinski definition) is 1. The molecule has 2 rings (SSSR count). The first-order chi connectivity index (χ1) is 10.1. The minimum absolute atomic E-state index is 0.191. The highest BCUT2D eigenvalue weighted by Gasteiger charge is 2.31. The smallest absolute Gasteiger partial charge is 0.124 e. The lowest BCUT2D eigenvalue weighted by molar-refractivity contribution is 0.116. The zero-order valence-corrected chi connectivity index (χ0v) is 13.8. The third-order valence-electron chi connectivity index (χ3n) is 3.93. The van der Waals surface area contributed by atoms with Crippen molar-refractivity contribution in [2.45, 2.75) is 58.8 Å². The molecule has 21 heavy (non-hydrogen) atoms. The van der Waals surface area contributed by atoms with Gasteiger partial charge in [0.15, 0.2) is 0 Å². The van der Waals surface area contributed by atoms with Crippen LogP contribution >= 0.6 is 0 Å². The van der Waals surface area contributed by atoms with Gasteiger partial charge in [-0.15, -0.1) is 0 Å². The predicted octanol–water partition coefficient (Wildman–Crippen LogP) is 3.94. The molecule has 3 atom stereocenters. The van der Waals surface area contributed by atoms with Crippen molar-refractivity contribution in [1.29, 1.82) is 0 Å². The molecule has 0 radical (unpaired) electrons. The van der Waals surface area contributed by atoms with E-state index in [0.717, 1.165) is 31.7 Å². The van der Waals surface area contributed by atoms with Crippen LogP contribution in [0.5, 0.6) is 5.75 Å². The molecule has 3 nitrogen and oxygen atoms in total. The van der Waals surface area contributed by atoms with E-state index in [4.69, 9.17) is 9.47 Å². The molecule has 1 aliphatic heterocycles. The van der Waals surface area contributed by atoms with Crippen molar-refractivity contribution in [2.24, 2.45) is 5.92 Å². The van der Waals surface area contributed by atoms with Gasteiger partial charge in [-0.3, -0.25) is 0 Å². The van der Waals surface area contributed by atoms with Crippen LogP contribution in [-0.4, -0.2) is 25.4 Å². The van der Waals surface area contributed by atoms with E-state index in [1.807, 2.05) is 6.07 Å². The lowest BCUT2D eigenvalue weighted by atomic mass is 9.90. The van der Waals surface area contributed by atoms with Crippen LogP contribution < -0.4 is 10.1 Å². The van der Waals surface area contributed by atoms with Crippen LogP contribution in [0.1, 0.15) is 52.1 Å². The third-order valence-corrected chi connectivity index (χ3v) is 3.93. The standard InChI is InChI=1S/C18H29NO2/c1-5-10-19-18(15-11-14(4)20-12-15)16-8-6-7-9-17(16)21-13(2)3/h6-9,13-15,18-19H,5,10-12H2,1-4H3. The number of para-hydroxylation sites is 1. The minimum Gasteiger partial charge on any atom is -0.491 e. The van der Waals surface area contributed by atoms with Crippen molar-refractivity contribution in [1.82, 2.24) is 5.32 Å². The largest absolute Gasteiger partial charge is 0.491 e. The Hall–Kier alpha value is -1.06. The molecule has 1 aromatic carbocycles. The van der Waals surface area contributed by atoms with Gasteiger partial charge < -0.3 is 14.8 Å². The maximum absolute atomic E-state index is 6.01. The summed E-state index contributed by atoms with van der Waals surface area (Å²) in [4.78, 5) is 0.